The van der Waals surface area contributed by atoms with E-state index in [1.54, 1.807) is 12.1 Å². The first-order chi connectivity index (χ1) is 14.1. The van der Waals surface area contributed by atoms with Gasteiger partial charge in [0.2, 0.25) is 0 Å². The van der Waals surface area contributed by atoms with Gasteiger partial charge in [-0.2, -0.15) is 0 Å². The van der Waals surface area contributed by atoms with Crippen LogP contribution in [0.4, 0.5) is 11.4 Å². The quantitative estimate of drug-likeness (QED) is 0.300. The van der Waals surface area contributed by atoms with Crippen LogP contribution in [0.5, 0.6) is 0 Å². The van der Waals surface area contributed by atoms with Crippen molar-refractivity contribution < 1.29 is 4.92 Å². The minimum absolute atomic E-state index is 0.0247. The SMILES string of the molecule is O=[N+]([O-])c1cc([C@@H]2Nc3c(-c4ccccc4)cccc3[C@@H]3C=CC[C@@H]32)ccc1Cl. The summed E-state index contributed by atoms with van der Waals surface area (Å²) in [5, 5.41) is 15.3. The van der Waals surface area contributed by atoms with E-state index in [-0.39, 0.29) is 22.7 Å². The molecule has 5 heteroatoms. The molecular formula is C24H19ClN2O2. The van der Waals surface area contributed by atoms with Gasteiger partial charge in [-0.15, -0.1) is 0 Å². The van der Waals surface area contributed by atoms with Crippen molar-refractivity contribution in [3.05, 3.63) is 105 Å². The van der Waals surface area contributed by atoms with Crippen LogP contribution in [0.1, 0.15) is 29.5 Å². The Bertz CT molecular complexity index is 1130. The molecule has 0 amide bonds. The molecule has 3 atom stereocenters. The zero-order valence-corrected chi connectivity index (χ0v) is 16.3. The van der Waals surface area contributed by atoms with Gasteiger partial charge in [-0.1, -0.05) is 78.4 Å². The van der Waals surface area contributed by atoms with Crippen LogP contribution in [0, 0.1) is 16.0 Å². The van der Waals surface area contributed by atoms with Crippen LogP contribution in [0.3, 0.4) is 0 Å². The number of fused-ring (bicyclic) bond motifs is 3. The summed E-state index contributed by atoms with van der Waals surface area (Å²) in [4.78, 5) is 11.0. The fraction of sp³-hybridized carbons (Fsp3) is 0.167. The number of halogens is 1. The topological polar surface area (TPSA) is 55.2 Å². The van der Waals surface area contributed by atoms with E-state index in [0.717, 1.165) is 28.8 Å². The second kappa shape index (κ2) is 7.05. The standard InChI is InChI=1S/C24H19ClN2O2/c25-21-13-12-16(14-22(21)27(28)29)23-19-10-5-9-18(19)20-11-4-8-17(24(20)26-23)15-6-2-1-3-7-15/h1-9,11-14,18-19,23,26H,10H2/t18-,19+,23+/m1/s1. The van der Waals surface area contributed by atoms with Gasteiger partial charge < -0.3 is 5.32 Å². The van der Waals surface area contributed by atoms with Gasteiger partial charge in [-0.05, 0) is 35.1 Å². The maximum atomic E-state index is 11.4. The molecule has 2 aliphatic rings. The van der Waals surface area contributed by atoms with Crippen LogP contribution >= 0.6 is 11.6 Å². The lowest BCUT2D eigenvalue weighted by Gasteiger charge is -2.38. The molecular weight excluding hydrogens is 384 g/mol. The average molecular weight is 403 g/mol. The van der Waals surface area contributed by atoms with Gasteiger partial charge in [0.15, 0.2) is 0 Å². The summed E-state index contributed by atoms with van der Waals surface area (Å²) in [5.74, 6) is 0.601. The van der Waals surface area contributed by atoms with Crippen molar-refractivity contribution in [1.29, 1.82) is 0 Å². The van der Waals surface area contributed by atoms with Gasteiger partial charge in [0.1, 0.15) is 5.02 Å². The molecule has 1 heterocycles. The molecule has 1 aliphatic carbocycles. The number of nitro groups is 1. The van der Waals surface area contributed by atoms with Crippen LogP contribution in [0.15, 0.2) is 78.9 Å². The number of nitrogens with one attached hydrogen (secondary N) is 1. The summed E-state index contributed by atoms with van der Waals surface area (Å²) in [6, 6.07) is 21.8. The molecule has 0 saturated heterocycles. The Morgan fingerprint density at radius 3 is 2.66 bits per heavy atom. The molecule has 0 aromatic heterocycles. The molecule has 29 heavy (non-hydrogen) atoms. The number of para-hydroxylation sites is 1. The summed E-state index contributed by atoms with van der Waals surface area (Å²) in [7, 11) is 0. The van der Waals surface area contributed by atoms with Crippen LogP contribution in [-0.2, 0) is 0 Å². The summed E-state index contributed by atoms with van der Waals surface area (Å²) in [5.41, 5.74) is 5.54. The van der Waals surface area contributed by atoms with Crippen molar-refractivity contribution in [2.45, 2.75) is 18.4 Å². The average Bonchev–Trinajstić information content (AvgIpc) is 3.24. The van der Waals surface area contributed by atoms with Gasteiger partial charge in [-0.25, -0.2) is 0 Å². The highest BCUT2D eigenvalue weighted by molar-refractivity contribution is 6.32. The summed E-state index contributed by atoms with van der Waals surface area (Å²) in [6.07, 6.45) is 5.43. The first-order valence-corrected chi connectivity index (χ1v) is 10.1. The Morgan fingerprint density at radius 1 is 1.03 bits per heavy atom. The van der Waals surface area contributed by atoms with E-state index in [1.807, 2.05) is 24.3 Å². The van der Waals surface area contributed by atoms with E-state index >= 15 is 0 Å². The molecule has 0 spiro atoms. The fourth-order valence-electron chi connectivity index (χ4n) is 4.67. The van der Waals surface area contributed by atoms with Crippen molar-refractivity contribution in [3.63, 3.8) is 0 Å². The van der Waals surface area contributed by atoms with E-state index < -0.39 is 4.92 Å². The van der Waals surface area contributed by atoms with Crippen LogP contribution < -0.4 is 5.32 Å². The van der Waals surface area contributed by atoms with Crippen LogP contribution in [0.25, 0.3) is 11.1 Å². The minimum Gasteiger partial charge on any atom is -0.377 e. The molecule has 0 unspecified atom stereocenters. The minimum atomic E-state index is -0.414. The Hall–Kier alpha value is -3.11. The van der Waals surface area contributed by atoms with Gasteiger partial charge in [0, 0.05) is 23.2 Å². The number of benzene rings is 3. The van der Waals surface area contributed by atoms with Crippen molar-refractivity contribution in [1.82, 2.24) is 0 Å². The number of allylic oxidation sites excluding steroid dienone is 2. The molecule has 0 saturated carbocycles. The van der Waals surface area contributed by atoms with Crippen LogP contribution in [0.2, 0.25) is 5.02 Å². The van der Waals surface area contributed by atoms with Crippen molar-refractivity contribution in [2.24, 2.45) is 5.92 Å². The van der Waals surface area contributed by atoms with E-state index in [4.69, 9.17) is 11.6 Å². The summed E-state index contributed by atoms with van der Waals surface area (Å²) < 4.78 is 0. The first-order valence-electron chi connectivity index (χ1n) is 9.69. The van der Waals surface area contributed by atoms with Gasteiger partial charge in [-0.3, -0.25) is 10.1 Å². The Balaban J connectivity index is 1.64. The van der Waals surface area contributed by atoms with E-state index in [0.29, 0.717) is 5.92 Å². The third-order valence-corrected chi connectivity index (χ3v) is 6.33. The first kappa shape index (κ1) is 18.0. The van der Waals surface area contributed by atoms with Crippen LogP contribution in [-0.4, -0.2) is 4.92 Å². The number of anilines is 1. The molecule has 1 N–H and O–H groups in total. The predicted molar refractivity (Wildman–Crippen MR) is 116 cm³/mol. The molecule has 5 rings (SSSR count). The molecule has 144 valence electrons. The monoisotopic (exact) mass is 402 g/mol. The van der Waals surface area contributed by atoms with E-state index in [1.165, 1.54) is 5.56 Å². The zero-order chi connectivity index (χ0) is 20.0. The van der Waals surface area contributed by atoms with Crippen molar-refractivity contribution in [3.8, 4) is 11.1 Å². The molecule has 0 radical (unpaired) electrons. The van der Waals surface area contributed by atoms with Gasteiger partial charge >= 0.3 is 0 Å². The third kappa shape index (κ3) is 3.00. The Morgan fingerprint density at radius 2 is 1.86 bits per heavy atom. The lowest BCUT2D eigenvalue weighted by molar-refractivity contribution is -0.384. The summed E-state index contributed by atoms with van der Waals surface area (Å²) >= 11 is 6.05. The number of hydrogen-bond acceptors (Lipinski definition) is 3. The van der Waals surface area contributed by atoms with Gasteiger partial charge in [0.05, 0.1) is 11.0 Å². The molecule has 3 aromatic rings. The van der Waals surface area contributed by atoms with Crippen molar-refractivity contribution >= 4 is 23.0 Å². The molecule has 3 aromatic carbocycles. The highest BCUT2D eigenvalue weighted by Crippen LogP contribution is 2.52. The smallest absolute Gasteiger partial charge is 0.288 e. The van der Waals surface area contributed by atoms with E-state index in [9.17, 15) is 10.1 Å². The fourth-order valence-corrected chi connectivity index (χ4v) is 4.86. The highest BCUT2D eigenvalue weighted by Gasteiger charge is 2.39. The lowest BCUT2D eigenvalue weighted by Crippen LogP contribution is -2.29. The highest BCUT2D eigenvalue weighted by atomic mass is 35.5. The zero-order valence-electron chi connectivity index (χ0n) is 15.6. The predicted octanol–water partition coefficient (Wildman–Crippen LogP) is 6.74. The number of rotatable bonds is 3. The van der Waals surface area contributed by atoms with Gasteiger partial charge in [0.25, 0.3) is 5.69 Å². The van der Waals surface area contributed by atoms with E-state index in [2.05, 4.69) is 47.8 Å². The lowest BCUT2D eigenvalue weighted by atomic mass is 9.76. The normalized spacial score (nSPS) is 21.9. The number of nitro benzene ring substituents is 1. The molecule has 0 fully saturated rings. The van der Waals surface area contributed by atoms with Crippen molar-refractivity contribution in [2.75, 3.05) is 5.32 Å². The maximum Gasteiger partial charge on any atom is 0.288 e. The Labute approximate surface area is 174 Å². The second-order valence-electron chi connectivity index (χ2n) is 7.58. The molecule has 4 nitrogen and oxygen atoms in total. The molecule has 0 bridgehead atoms. The molecule has 1 aliphatic heterocycles. The number of nitrogens with zero attached hydrogens (tertiary/aromatic N) is 1. The Kier molecular flexibility index (Phi) is 4.36. The largest absolute Gasteiger partial charge is 0.377 e. The summed E-state index contributed by atoms with van der Waals surface area (Å²) in [6.45, 7) is 0. The third-order valence-electron chi connectivity index (χ3n) is 6.01. The second-order valence-corrected chi connectivity index (χ2v) is 7.99. The maximum absolute atomic E-state index is 11.4. The number of hydrogen-bond donors (Lipinski definition) is 1.